The van der Waals surface area contributed by atoms with Gasteiger partial charge in [-0.05, 0) is 11.6 Å². The molecule has 92 valence electrons. The summed E-state index contributed by atoms with van der Waals surface area (Å²) in [5, 5.41) is 10.3. The number of para-hydroxylation sites is 1. The molecule has 0 aliphatic heterocycles. The number of benzene rings is 1. The van der Waals surface area contributed by atoms with Gasteiger partial charge >= 0.3 is 0 Å². The van der Waals surface area contributed by atoms with Crippen LogP contribution in [0.4, 0.5) is 0 Å². The molecule has 1 N–H and O–H groups in total. The first-order valence-electron chi connectivity index (χ1n) is 5.85. The number of nitrogens with one attached hydrogen (secondary N) is 1. The summed E-state index contributed by atoms with van der Waals surface area (Å²) in [5.74, 6) is 0. The van der Waals surface area contributed by atoms with Crippen molar-refractivity contribution in [3.63, 3.8) is 0 Å². The molecule has 0 bridgehead atoms. The fourth-order valence-electron chi connectivity index (χ4n) is 1.85. The number of hydrogen-bond acceptors (Lipinski definition) is 2. The number of aliphatic imine (C=N–C) groups is 1. The maximum atomic E-state index is 9.12. The van der Waals surface area contributed by atoms with E-state index in [0.29, 0.717) is 6.42 Å². The second-order valence-corrected chi connectivity index (χ2v) is 4.44. The first-order chi connectivity index (χ1) is 8.70. The van der Waals surface area contributed by atoms with Crippen molar-refractivity contribution in [1.82, 2.24) is 9.88 Å². The van der Waals surface area contributed by atoms with E-state index in [9.17, 15) is 0 Å². The Hall–Kier alpha value is -2.28. The largest absolute Gasteiger partial charge is 0.369 e. The highest BCUT2D eigenvalue weighted by Gasteiger charge is 2.09. The van der Waals surface area contributed by atoms with Crippen LogP contribution in [0.15, 0.2) is 35.5 Å². The molecule has 0 aliphatic rings. The highest BCUT2D eigenvalue weighted by atomic mass is 15.1. The van der Waals surface area contributed by atoms with Gasteiger partial charge < -0.3 is 9.88 Å². The van der Waals surface area contributed by atoms with Gasteiger partial charge in [0.15, 0.2) is 0 Å². The Morgan fingerprint density at radius 1 is 1.44 bits per heavy atom. The molecular formula is C14H16N4. The highest BCUT2D eigenvalue weighted by Crippen LogP contribution is 2.19. The molecule has 0 spiro atoms. The van der Waals surface area contributed by atoms with Crippen molar-refractivity contribution in [3.05, 3.63) is 36.0 Å². The predicted molar refractivity (Wildman–Crippen MR) is 73.6 cm³/mol. The smallest absolute Gasteiger partial charge is 0.142 e. The molecular weight excluding hydrogens is 224 g/mol. The molecule has 1 aromatic carbocycles. The van der Waals surface area contributed by atoms with Gasteiger partial charge in [0.05, 0.1) is 12.4 Å². The van der Waals surface area contributed by atoms with Gasteiger partial charge in [0.1, 0.15) is 6.04 Å². The van der Waals surface area contributed by atoms with Crippen LogP contribution in [0.3, 0.4) is 0 Å². The lowest BCUT2D eigenvalue weighted by Gasteiger charge is -2.06. The number of H-pyrrole nitrogens is 1. The summed E-state index contributed by atoms with van der Waals surface area (Å²) in [6.45, 7) is 0. The van der Waals surface area contributed by atoms with Crippen LogP contribution in [-0.4, -0.2) is 36.4 Å². The standard InChI is InChI=1S/C14H16N4/c1-18(2)10-17-12(8-15)7-11-9-16-14-6-4-3-5-13(11)14/h3-6,9-10,12,16H,7H2,1-2H3/t12-/m0/s1. The van der Waals surface area contributed by atoms with Crippen molar-refractivity contribution >= 4 is 17.2 Å². The molecule has 0 aliphatic carbocycles. The summed E-state index contributed by atoms with van der Waals surface area (Å²) in [6.07, 6.45) is 4.27. The second kappa shape index (κ2) is 5.37. The van der Waals surface area contributed by atoms with E-state index in [0.717, 1.165) is 16.5 Å². The number of fused-ring (bicyclic) bond motifs is 1. The summed E-state index contributed by atoms with van der Waals surface area (Å²) < 4.78 is 0. The topological polar surface area (TPSA) is 55.2 Å². The zero-order valence-electron chi connectivity index (χ0n) is 10.6. The monoisotopic (exact) mass is 240 g/mol. The van der Waals surface area contributed by atoms with Crippen molar-refractivity contribution in [3.8, 4) is 6.07 Å². The fourth-order valence-corrected chi connectivity index (χ4v) is 1.85. The lowest BCUT2D eigenvalue weighted by atomic mass is 10.1. The van der Waals surface area contributed by atoms with E-state index in [1.165, 1.54) is 0 Å². The summed E-state index contributed by atoms with van der Waals surface area (Å²) in [4.78, 5) is 9.29. The van der Waals surface area contributed by atoms with Crippen LogP contribution < -0.4 is 0 Å². The summed E-state index contributed by atoms with van der Waals surface area (Å²) >= 11 is 0. The van der Waals surface area contributed by atoms with Crippen LogP contribution in [0.5, 0.6) is 0 Å². The lowest BCUT2D eigenvalue weighted by Crippen LogP contribution is -2.13. The third kappa shape index (κ3) is 2.69. The van der Waals surface area contributed by atoms with Crippen LogP contribution in [-0.2, 0) is 6.42 Å². The van der Waals surface area contributed by atoms with Crippen molar-refractivity contribution in [2.75, 3.05) is 14.1 Å². The van der Waals surface area contributed by atoms with Crippen molar-refractivity contribution < 1.29 is 0 Å². The van der Waals surface area contributed by atoms with Gasteiger partial charge in [-0.25, -0.2) is 0 Å². The molecule has 4 heteroatoms. The van der Waals surface area contributed by atoms with Crippen LogP contribution in [0, 0.1) is 11.3 Å². The second-order valence-electron chi connectivity index (χ2n) is 4.44. The number of aromatic nitrogens is 1. The van der Waals surface area contributed by atoms with Crippen molar-refractivity contribution in [1.29, 1.82) is 5.26 Å². The third-order valence-corrected chi connectivity index (χ3v) is 2.71. The zero-order valence-corrected chi connectivity index (χ0v) is 10.6. The van der Waals surface area contributed by atoms with E-state index in [1.54, 1.807) is 6.34 Å². The molecule has 0 radical (unpaired) electrons. The Bertz CT molecular complexity index is 589. The van der Waals surface area contributed by atoms with E-state index >= 15 is 0 Å². The van der Waals surface area contributed by atoms with Crippen LogP contribution in [0.1, 0.15) is 5.56 Å². The molecule has 1 heterocycles. The Kier molecular flexibility index (Phi) is 3.63. The summed E-state index contributed by atoms with van der Waals surface area (Å²) in [5.41, 5.74) is 2.23. The van der Waals surface area contributed by atoms with Crippen LogP contribution >= 0.6 is 0 Å². The summed E-state index contributed by atoms with van der Waals surface area (Å²) in [6, 6.07) is 9.97. The first-order valence-corrected chi connectivity index (χ1v) is 5.85. The van der Waals surface area contributed by atoms with Gasteiger partial charge in [-0.2, -0.15) is 5.26 Å². The van der Waals surface area contributed by atoms with Crippen molar-refractivity contribution in [2.45, 2.75) is 12.5 Å². The highest BCUT2D eigenvalue weighted by molar-refractivity contribution is 5.83. The average molecular weight is 240 g/mol. The number of aromatic amines is 1. The Labute approximate surface area is 107 Å². The SMILES string of the molecule is CN(C)C=N[C@H](C#N)Cc1c[nH]c2ccccc12. The zero-order chi connectivity index (χ0) is 13.0. The van der Waals surface area contributed by atoms with Gasteiger partial charge in [0, 0.05) is 37.6 Å². The first kappa shape index (κ1) is 12.2. The van der Waals surface area contributed by atoms with Gasteiger partial charge in [0.25, 0.3) is 0 Å². The predicted octanol–water partition coefficient (Wildman–Crippen LogP) is 2.19. The maximum absolute atomic E-state index is 9.12. The molecule has 4 nitrogen and oxygen atoms in total. The summed E-state index contributed by atoms with van der Waals surface area (Å²) in [7, 11) is 3.78. The van der Waals surface area contributed by atoms with E-state index in [4.69, 9.17) is 5.26 Å². The van der Waals surface area contributed by atoms with Gasteiger partial charge in [-0.1, -0.05) is 18.2 Å². The number of hydrogen-bond donors (Lipinski definition) is 1. The molecule has 0 amide bonds. The number of rotatable bonds is 4. The van der Waals surface area contributed by atoms with E-state index < -0.39 is 0 Å². The number of nitriles is 1. The molecule has 0 saturated carbocycles. The molecule has 0 fully saturated rings. The Morgan fingerprint density at radius 3 is 2.94 bits per heavy atom. The van der Waals surface area contributed by atoms with Crippen LogP contribution in [0.2, 0.25) is 0 Å². The van der Waals surface area contributed by atoms with Gasteiger partial charge in [0.2, 0.25) is 0 Å². The third-order valence-electron chi connectivity index (χ3n) is 2.71. The fraction of sp³-hybridized carbons (Fsp3) is 0.286. The quantitative estimate of drug-likeness (QED) is 0.658. The van der Waals surface area contributed by atoms with Crippen LogP contribution in [0.25, 0.3) is 10.9 Å². The van der Waals surface area contributed by atoms with Crippen molar-refractivity contribution in [2.24, 2.45) is 4.99 Å². The molecule has 0 unspecified atom stereocenters. The maximum Gasteiger partial charge on any atom is 0.142 e. The molecule has 18 heavy (non-hydrogen) atoms. The Balaban J connectivity index is 2.20. The Morgan fingerprint density at radius 2 is 2.22 bits per heavy atom. The number of nitrogens with zero attached hydrogens (tertiary/aromatic N) is 3. The van der Waals surface area contributed by atoms with E-state index in [1.807, 2.05) is 43.4 Å². The minimum Gasteiger partial charge on any atom is -0.369 e. The minimum atomic E-state index is -0.341. The average Bonchev–Trinajstić information content (AvgIpc) is 2.77. The molecule has 1 aromatic heterocycles. The minimum absolute atomic E-state index is 0.341. The van der Waals surface area contributed by atoms with E-state index in [-0.39, 0.29) is 6.04 Å². The molecule has 2 rings (SSSR count). The lowest BCUT2D eigenvalue weighted by molar-refractivity contribution is 0.633. The van der Waals surface area contributed by atoms with E-state index in [2.05, 4.69) is 22.1 Å². The van der Waals surface area contributed by atoms with Gasteiger partial charge in [-0.15, -0.1) is 0 Å². The van der Waals surface area contributed by atoms with Gasteiger partial charge in [-0.3, -0.25) is 4.99 Å². The molecule has 0 saturated heterocycles. The molecule has 1 atom stereocenters. The normalized spacial score (nSPS) is 12.7. The molecule has 2 aromatic rings.